The van der Waals surface area contributed by atoms with Gasteiger partial charge in [-0.3, -0.25) is 0 Å². The van der Waals surface area contributed by atoms with Crippen LogP contribution in [-0.2, 0) is 0 Å². The second-order valence-corrected chi connectivity index (χ2v) is 4.76. The van der Waals surface area contributed by atoms with Crippen LogP contribution in [0.2, 0.25) is 0 Å². The predicted octanol–water partition coefficient (Wildman–Crippen LogP) is 2.54. The molecule has 0 saturated carbocycles. The predicted molar refractivity (Wildman–Crippen MR) is 77.6 cm³/mol. The molecule has 0 fully saturated rings. The van der Waals surface area contributed by atoms with Crippen molar-refractivity contribution < 1.29 is 0 Å². The van der Waals surface area contributed by atoms with Gasteiger partial charge >= 0.3 is 0 Å². The van der Waals surface area contributed by atoms with E-state index in [-0.39, 0.29) is 0 Å². The minimum Gasteiger partial charge on any atom is -0.367 e. The van der Waals surface area contributed by atoms with Gasteiger partial charge in [0.25, 0.3) is 0 Å². The van der Waals surface area contributed by atoms with E-state index in [0.717, 1.165) is 34.6 Å². The molecule has 0 bridgehead atoms. The fourth-order valence-electron chi connectivity index (χ4n) is 1.54. The Hall–Kier alpha value is -1.46. The fraction of sp³-hybridized carbons (Fsp3) is 0.231. The van der Waals surface area contributed by atoms with Crippen molar-refractivity contribution in [1.29, 1.82) is 0 Å². The van der Waals surface area contributed by atoms with Crippen LogP contribution in [0.15, 0.2) is 40.9 Å². The van der Waals surface area contributed by atoms with E-state index in [1.54, 1.807) is 0 Å². The molecule has 0 radical (unpaired) electrons. The van der Waals surface area contributed by atoms with Crippen molar-refractivity contribution in [3.63, 3.8) is 0 Å². The highest BCUT2D eigenvalue weighted by Gasteiger charge is 2.01. The Balaban J connectivity index is 2.07. The molecule has 0 amide bonds. The van der Waals surface area contributed by atoms with Gasteiger partial charge in [0.15, 0.2) is 0 Å². The van der Waals surface area contributed by atoms with Crippen LogP contribution in [-0.4, -0.2) is 30.3 Å². The highest BCUT2D eigenvalue weighted by molar-refractivity contribution is 9.10. The summed E-state index contributed by atoms with van der Waals surface area (Å²) in [4.78, 5) is 0. The van der Waals surface area contributed by atoms with Crippen molar-refractivity contribution in [2.24, 2.45) is 0 Å². The fourth-order valence-corrected chi connectivity index (χ4v) is 1.94. The number of nitrogens with one attached hydrogen (secondary N) is 2. The monoisotopic (exact) mass is 306 g/mol. The Kier molecular flexibility index (Phi) is 4.66. The molecule has 0 atom stereocenters. The van der Waals surface area contributed by atoms with Crippen LogP contribution in [0, 0.1) is 0 Å². The van der Waals surface area contributed by atoms with E-state index in [2.05, 4.69) is 36.8 Å². The Labute approximate surface area is 115 Å². The molecule has 94 valence electrons. The molecule has 2 N–H and O–H groups in total. The second kappa shape index (κ2) is 6.47. The zero-order valence-corrected chi connectivity index (χ0v) is 11.7. The van der Waals surface area contributed by atoms with E-state index < -0.39 is 0 Å². The van der Waals surface area contributed by atoms with Crippen LogP contribution in [0.5, 0.6) is 0 Å². The van der Waals surface area contributed by atoms with Gasteiger partial charge in [-0.1, -0.05) is 28.1 Å². The highest BCUT2D eigenvalue weighted by Crippen LogP contribution is 2.21. The quantitative estimate of drug-likeness (QED) is 0.834. The molecule has 2 aromatic rings. The molecular formula is C13H15BrN4. The lowest BCUT2D eigenvalue weighted by molar-refractivity contribution is 0.818. The van der Waals surface area contributed by atoms with E-state index in [1.807, 2.05) is 43.4 Å². The first-order valence-corrected chi connectivity index (χ1v) is 6.57. The van der Waals surface area contributed by atoms with Gasteiger partial charge in [0.2, 0.25) is 0 Å². The number of halogens is 1. The molecule has 4 nitrogen and oxygen atoms in total. The molecule has 2 rings (SSSR count). The van der Waals surface area contributed by atoms with Gasteiger partial charge in [-0.2, -0.15) is 0 Å². The highest BCUT2D eigenvalue weighted by atomic mass is 79.9. The van der Waals surface area contributed by atoms with Gasteiger partial charge in [-0.25, -0.2) is 0 Å². The minimum absolute atomic E-state index is 0.795. The zero-order valence-electron chi connectivity index (χ0n) is 10.2. The topological polar surface area (TPSA) is 49.8 Å². The number of benzene rings is 1. The molecule has 1 heterocycles. The molecular weight excluding hydrogens is 292 g/mol. The van der Waals surface area contributed by atoms with E-state index in [1.165, 1.54) is 0 Å². The molecule has 5 heteroatoms. The molecule has 0 aliphatic rings. The summed E-state index contributed by atoms with van der Waals surface area (Å²) in [6.07, 6.45) is 0. The molecule has 1 aromatic heterocycles. The summed E-state index contributed by atoms with van der Waals surface area (Å²) in [5.74, 6) is 0.795. The van der Waals surface area contributed by atoms with Gasteiger partial charge in [-0.05, 0) is 31.3 Å². The van der Waals surface area contributed by atoms with Crippen LogP contribution in [0.3, 0.4) is 0 Å². The summed E-state index contributed by atoms with van der Waals surface area (Å²) >= 11 is 3.45. The van der Waals surface area contributed by atoms with Crippen molar-refractivity contribution in [3.05, 3.63) is 40.9 Å². The number of hydrogen-bond donors (Lipinski definition) is 2. The average Bonchev–Trinajstić information content (AvgIpc) is 2.40. The average molecular weight is 307 g/mol. The first-order chi connectivity index (χ1) is 8.79. The van der Waals surface area contributed by atoms with Crippen molar-refractivity contribution in [1.82, 2.24) is 15.5 Å². The van der Waals surface area contributed by atoms with Crippen molar-refractivity contribution >= 4 is 21.7 Å². The number of rotatable bonds is 5. The summed E-state index contributed by atoms with van der Waals surface area (Å²) in [5.41, 5.74) is 1.93. The lowest BCUT2D eigenvalue weighted by Gasteiger charge is -2.05. The van der Waals surface area contributed by atoms with E-state index in [4.69, 9.17) is 0 Å². The smallest absolute Gasteiger partial charge is 0.148 e. The van der Waals surface area contributed by atoms with Gasteiger partial charge in [-0.15, -0.1) is 10.2 Å². The van der Waals surface area contributed by atoms with Crippen LogP contribution in [0.4, 0.5) is 5.82 Å². The Morgan fingerprint density at radius 1 is 1.11 bits per heavy atom. The second-order valence-electron chi connectivity index (χ2n) is 3.84. The number of hydrogen-bond acceptors (Lipinski definition) is 4. The van der Waals surface area contributed by atoms with Crippen LogP contribution in [0.25, 0.3) is 11.3 Å². The number of anilines is 1. The van der Waals surface area contributed by atoms with E-state index in [9.17, 15) is 0 Å². The lowest BCUT2D eigenvalue weighted by Crippen LogP contribution is -2.18. The van der Waals surface area contributed by atoms with Gasteiger partial charge < -0.3 is 10.6 Å². The number of nitrogens with zero attached hydrogens (tertiary/aromatic N) is 2. The molecule has 0 spiro atoms. The molecule has 0 unspecified atom stereocenters. The van der Waals surface area contributed by atoms with Crippen LogP contribution >= 0.6 is 15.9 Å². The minimum atomic E-state index is 0.795. The maximum Gasteiger partial charge on any atom is 0.148 e. The van der Waals surface area contributed by atoms with Crippen LogP contribution < -0.4 is 10.6 Å². The zero-order chi connectivity index (χ0) is 12.8. The summed E-state index contributed by atoms with van der Waals surface area (Å²) in [6.45, 7) is 1.73. The standard InChI is InChI=1S/C13H15BrN4/c1-15-7-8-16-13-6-5-12(17-18-13)10-3-2-4-11(14)9-10/h2-6,9,15H,7-8H2,1H3,(H,16,18). The van der Waals surface area contributed by atoms with E-state index in [0.29, 0.717) is 0 Å². The molecule has 0 saturated heterocycles. The van der Waals surface area contributed by atoms with Crippen molar-refractivity contribution in [2.45, 2.75) is 0 Å². The summed E-state index contributed by atoms with van der Waals surface area (Å²) in [7, 11) is 1.92. The maximum atomic E-state index is 4.22. The molecule has 1 aromatic carbocycles. The van der Waals surface area contributed by atoms with Crippen molar-refractivity contribution in [2.75, 3.05) is 25.5 Å². The third-order valence-electron chi connectivity index (χ3n) is 2.47. The number of aromatic nitrogens is 2. The third-order valence-corrected chi connectivity index (χ3v) is 2.96. The molecule has 0 aliphatic heterocycles. The van der Waals surface area contributed by atoms with Gasteiger partial charge in [0, 0.05) is 23.1 Å². The van der Waals surface area contributed by atoms with Crippen molar-refractivity contribution in [3.8, 4) is 11.3 Å². The van der Waals surface area contributed by atoms with Gasteiger partial charge in [0.05, 0.1) is 5.69 Å². The Bertz CT molecular complexity index is 499. The Morgan fingerprint density at radius 2 is 2.00 bits per heavy atom. The SMILES string of the molecule is CNCCNc1ccc(-c2cccc(Br)c2)nn1. The summed E-state index contributed by atoms with van der Waals surface area (Å²) in [5, 5.41) is 14.6. The maximum absolute atomic E-state index is 4.22. The first kappa shape index (κ1) is 13.0. The third kappa shape index (κ3) is 3.51. The lowest BCUT2D eigenvalue weighted by atomic mass is 10.1. The number of likely N-dealkylation sites (N-methyl/N-ethyl adjacent to an activating group) is 1. The molecule has 0 aliphatic carbocycles. The normalized spacial score (nSPS) is 10.3. The van der Waals surface area contributed by atoms with E-state index >= 15 is 0 Å². The molecule has 18 heavy (non-hydrogen) atoms. The first-order valence-electron chi connectivity index (χ1n) is 5.78. The largest absolute Gasteiger partial charge is 0.367 e. The summed E-state index contributed by atoms with van der Waals surface area (Å²) < 4.78 is 1.04. The van der Waals surface area contributed by atoms with Gasteiger partial charge in [0.1, 0.15) is 5.82 Å². The summed E-state index contributed by atoms with van der Waals surface area (Å²) in [6, 6.07) is 11.9. The Morgan fingerprint density at radius 3 is 2.67 bits per heavy atom. The van der Waals surface area contributed by atoms with Crippen LogP contribution in [0.1, 0.15) is 0 Å².